The lowest BCUT2D eigenvalue weighted by molar-refractivity contribution is -0.129. The number of carbonyl (C=O) groups excluding carboxylic acids is 2. The molecule has 0 spiro atoms. The number of halogens is 1. The normalized spacial score (nSPS) is 14.1. The van der Waals surface area contributed by atoms with Crippen molar-refractivity contribution in [3.05, 3.63) is 97.7 Å². The molecule has 166 valence electrons. The second kappa shape index (κ2) is 9.58. The zero-order chi connectivity index (χ0) is 23.5. The van der Waals surface area contributed by atoms with Crippen LogP contribution in [0.1, 0.15) is 32.6 Å². The number of carbonyl (C=O) groups is 2. The number of aliphatic imine (C=N–C) groups is 1. The molecule has 0 amide bonds. The zero-order valence-corrected chi connectivity index (χ0v) is 20.4. The molecule has 0 saturated carbocycles. The van der Waals surface area contributed by atoms with Crippen LogP contribution >= 0.6 is 22.6 Å². The van der Waals surface area contributed by atoms with E-state index in [1.54, 1.807) is 30.3 Å². The highest BCUT2D eigenvalue weighted by Crippen LogP contribution is 2.35. The fraction of sp³-hybridized carbons (Fsp3) is 0.115. The molecule has 0 unspecified atom stereocenters. The molecule has 0 bridgehead atoms. The van der Waals surface area contributed by atoms with Crippen LogP contribution in [0.2, 0.25) is 0 Å². The second-order valence-corrected chi connectivity index (χ2v) is 8.60. The first-order valence-electron chi connectivity index (χ1n) is 10.1. The molecular weight excluding hydrogens is 533 g/mol. The average Bonchev–Trinajstić information content (AvgIpc) is 3.16. The monoisotopic (exact) mass is 553 g/mol. The third-order valence-corrected chi connectivity index (χ3v) is 5.84. The predicted molar refractivity (Wildman–Crippen MR) is 134 cm³/mol. The molecule has 0 aromatic heterocycles. The Labute approximate surface area is 205 Å². The van der Waals surface area contributed by atoms with E-state index in [2.05, 4.69) is 27.6 Å². The van der Waals surface area contributed by atoms with Gasteiger partial charge in [-0.05, 0) is 84.0 Å². The molecular formula is C26H20INO5. The Balaban J connectivity index is 1.63. The maximum atomic E-state index is 12.7. The maximum Gasteiger partial charge on any atom is 0.363 e. The van der Waals surface area contributed by atoms with E-state index in [-0.39, 0.29) is 11.6 Å². The summed E-state index contributed by atoms with van der Waals surface area (Å²) in [7, 11) is 1.49. The Kier molecular flexibility index (Phi) is 6.60. The van der Waals surface area contributed by atoms with Gasteiger partial charge in [-0.1, -0.05) is 35.9 Å². The molecule has 3 aromatic carbocycles. The number of methoxy groups -OCH3 is 1. The topological polar surface area (TPSA) is 74.2 Å². The average molecular weight is 553 g/mol. The summed E-state index contributed by atoms with van der Waals surface area (Å²) >= 11 is 2.07. The number of hydrogen-bond acceptors (Lipinski definition) is 6. The van der Waals surface area contributed by atoms with Crippen molar-refractivity contribution in [2.45, 2.75) is 13.8 Å². The van der Waals surface area contributed by atoms with Gasteiger partial charge in [-0.2, -0.15) is 0 Å². The first-order chi connectivity index (χ1) is 15.9. The fourth-order valence-corrected chi connectivity index (χ4v) is 3.99. The van der Waals surface area contributed by atoms with Crippen LogP contribution in [0.15, 0.2) is 71.4 Å². The van der Waals surface area contributed by atoms with E-state index in [0.717, 1.165) is 16.7 Å². The van der Waals surface area contributed by atoms with Crippen LogP contribution in [-0.2, 0) is 9.53 Å². The van der Waals surface area contributed by atoms with Gasteiger partial charge >= 0.3 is 11.9 Å². The summed E-state index contributed by atoms with van der Waals surface area (Å²) in [5, 5.41) is 0. The van der Waals surface area contributed by atoms with E-state index in [1.807, 2.05) is 50.2 Å². The summed E-state index contributed by atoms with van der Waals surface area (Å²) in [6.07, 6.45) is 1.61. The van der Waals surface area contributed by atoms with Crippen molar-refractivity contribution < 1.29 is 23.8 Å². The highest BCUT2D eigenvalue weighted by molar-refractivity contribution is 14.1. The van der Waals surface area contributed by atoms with Gasteiger partial charge in [0.2, 0.25) is 5.90 Å². The number of rotatable bonds is 5. The third kappa shape index (κ3) is 4.98. The lowest BCUT2D eigenvalue weighted by Gasteiger charge is -2.13. The Morgan fingerprint density at radius 1 is 1.06 bits per heavy atom. The van der Waals surface area contributed by atoms with Gasteiger partial charge in [0.25, 0.3) is 0 Å². The largest absolute Gasteiger partial charge is 0.493 e. The van der Waals surface area contributed by atoms with Crippen molar-refractivity contribution >= 4 is 46.5 Å². The van der Waals surface area contributed by atoms with Crippen LogP contribution < -0.4 is 9.47 Å². The molecule has 6 nitrogen and oxygen atoms in total. The number of ether oxygens (including phenoxy) is 3. The lowest BCUT2D eigenvalue weighted by atomic mass is 10.1. The summed E-state index contributed by atoms with van der Waals surface area (Å²) in [4.78, 5) is 29.4. The van der Waals surface area contributed by atoms with Crippen molar-refractivity contribution in [2.24, 2.45) is 4.99 Å². The third-order valence-electron chi connectivity index (χ3n) is 5.03. The van der Waals surface area contributed by atoms with Crippen molar-refractivity contribution in [1.29, 1.82) is 0 Å². The molecule has 4 rings (SSSR count). The number of hydrogen-bond donors (Lipinski definition) is 0. The van der Waals surface area contributed by atoms with E-state index in [4.69, 9.17) is 14.2 Å². The van der Waals surface area contributed by atoms with Gasteiger partial charge in [0.05, 0.1) is 16.2 Å². The van der Waals surface area contributed by atoms with Gasteiger partial charge in [-0.3, -0.25) is 0 Å². The Hall–Kier alpha value is -3.46. The van der Waals surface area contributed by atoms with Crippen LogP contribution in [0.5, 0.6) is 11.5 Å². The molecule has 1 aliphatic heterocycles. The zero-order valence-electron chi connectivity index (χ0n) is 18.2. The quantitative estimate of drug-likeness (QED) is 0.181. The summed E-state index contributed by atoms with van der Waals surface area (Å²) in [5.74, 6) is -0.0652. The molecule has 7 heteroatoms. The van der Waals surface area contributed by atoms with Gasteiger partial charge in [-0.25, -0.2) is 14.6 Å². The molecule has 0 fully saturated rings. The van der Waals surface area contributed by atoms with Crippen molar-refractivity contribution in [2.75, 3.05) is 7.11 Å². The van der Waals surface area contributed by atoms with Gasteiger partial charge in [0.15, 0.2) is 17.2 Å². The molecule has 0 atom stereocenters. The summed E-state index contributed by atoms with van der Waals surface area (Å²) in [6.45, 7) is 3.83. The first kappa shape index (κ1) is 22.7. The van der Waals surface area contributed by atoms with Crippen molar-refractivity contribution in [3.8, 4) is 11.5 Å². The number of nitrogens with zero attached hydrogens (tertiary/aromatic N) is 1. The van der Waals surface area contributed by atoms with Gasteiger partial charge in [0.1, 0.15) is 0 Å². The molecule has 1 aliphatic rings. The molecule has 0 radical (unpaired) electrons. The first-order valence-corrected chi connectivity index (χ1v) is 11.2. The standard InChI is InChI=1S/C26H20INO5/c1-15-8-10-18(11-9-15)24-28-21(26(30)33-24)13-17-12-20(27)23(22(14-17)31-3)32-25(29)19-7-5-4-6-16(19)2/h4-14H,1-3H3/b21-13-. The maximum absolute atomic E-state index is 12.7. The molecule has 0 N–H and O–H groups in total. The van der Waals surface area contributed by atoms with Gasteiger partial charge < -0.3 is 14.2 Å². The van der Waals surface area contributed by atoms with Crippen LogP contribution in [-0.4, -0.2) is 24.9 Å². The number of aryl methyl sites for hydroxylation is 2. The second-order valence-electron chi connectivity index (χ2n) is 7.44. The summed E-state index contributed by atoms with van der Waals surface area (Å²) in [5.41, 5.74) is 3.96. The molecule has 0 aliphatic carbocycles. The minimum Gasteiger partial charge on any atom is -0.493 e. The van der Waals surface area contributed by atoms with Crippen LogP contribution in [0.25, 0.3) is 6.08 Å². The number of benzene rings is 3. The highest BCUT2D eigenvalue weighted by atomic mass is 127. The smallest absolute Gasteiger partial charge is 0.363 e. The van der Waals surface area contributed by atoms with Crippen molar-refractivity contribution in [3.63, 3.8) is 0 Å². The predicted octanol–water partition coefficient (Wildman–Crippen LogP) is 5.48. The van der Waals surface area contributed by atoms with E-state index < -0.39 is 11.9 Å². The van der Waals surface area contributed by atoms with Crippen LogP contribution in [0.3, 0.4) is 0 Å². The number of cyclic esters (lactones) is 1. The van der Waals surface area contributed by atoms with Crippen molar-refractivity contribution in [1.82, 2.24) is 0 Å². The Bertz CT molecular complexity index is 1310. The van der Waals surface area contributed by atoms with Gasteiger partial charge in [-0.15, -0.1) is 0 Å². The minimum absolute atomic E-state index is 0.174. The summed E-state index contributed by atoms with van der Waals surface area (Å²) < 4.78 is 17.1. The van der Waals surface area contributed by atoms with E-state index in [1.165, 1.54) is 7.11 Å². The SMILES string of the molecule is COc1cc(/C=C2\N=C(c3ccc(C)cc3)OC2=O)cc(I)c1OC(=O)c1ccccc1C. The lowest BCUT2D eigenvalue weighted by Crippen LogP contribution is -2.11. The highest BCUT2D eigenvalue weighted by Gasteiger charge is 2.25. The Morgan fingerprint density at radius 2 is 1.79 bits per heavy atom. The molecule has 33 heavy (non-hydrogen) atoms. The molecule has 1 heterocycles. The number of esters is 2. The van der Waals surface area contributed by atoms with Crippen LogP contribution in [0, 0.1) is 17.4 Å². The summed E-state index contributed by atoms with van der Waals surface area (Å²) in [6, 6.07) is 18.2. The van der Waals surface area contributed by atoms with E-state index in [0.29, 0.717) is 26.2 Å². The van der Waals surface area contributed by atoms with Crippen LogP contribution in [0.4, 0.5) is 0 Å². The van der Waals surface area contributed by atoms with Gasteiger partial charge in [0, 0.05) is 5.56 Å². The Morgan fingerprint density at radius 3 is 2.48 bits per heavy atom. The van der Waals surface area contributed by atoms with E-state index in [9.17, 15) is 9.59 Å². The van der Waals surface area contributed by atoms with E-state index >= 15 is 0 Å². The molecule has 3 aromatic rings. The molecule has 0 saturated heterocycles. The minimum atomic E-state index is -0.533. The fourth-order valence-electron chi connectivity index (χ4n) is 3.26.